The Morgan fingerprint density at radius 1 is 1.36 bits per heavy atom. The molecule has 1 aromatic rings. The SMILES string of the molecule is CCOc1cc(C=O)cc(N)c1OCC(=O)NC1CCCC1. The third kappa shape index (κ3) is 4.13. The number of benzene rings is 1. The van der Waals surface area contributed by atoms with Gasteiger partial charge in [-0.15, -0.1) is 0 Å². The zero-order valence-electron chi connectivity index (χ0n) is 12.8. The van der Waals surface area contributed by atoms with Gasteiger partial charge in [0.05, 0.1) is 12.3 Å². The molecule has 0 spiro atoms. The molecule has 0 atom stereocenters. The van der Waals surface area contributed by atoms with Gasteiger partial charge in [-0.1, -0.05) is 12.8 Å². The van der Waals surface area contributed by atoms with Gasteiger partial charge in [-0.2, -0.15) is 0 Å². The van der Waals surface area contributed by atoms with E-state index < -0.39 is 0 Å². The van der Waals surface area contributed by atoms with Crippen molar-refractivity contribution >= 4 is 17.9 Å². The summed E-state index contributed by atoms with van der Waals surface area (Å²) in [6, 6.07) is 3.30. The van der Waals surface area contributed by atoms with Crippen molar-refractivity contribution in [3.63, 3.8) is 0 Å². The first kappa shape index (κ1) is 16.1. The summed E-state index contributed by atoms with van der Waals surface area (Å²) < 4.78 is 10.9. The molecule has 6 heteroatoms. The summed E-state index contributed by atoms with van der Waals surface area (Å²) in [6.45, 7) is 2.11. The molecule has 0 aromatic heterocycles. The van der Waals surface area contributed by atoms with E-state index in [4.69, 9.17) is 15.2 Å². The Labute approximate surface area is 130 Å². The van der Waals surface area contributed by atoms with Crippen molar-refractivity contribution < 1.29 is 19.1 Å². The first-order valence-corrected chi connectivity index (χ1v) is 7.57. The molecule has 0 bridgehead atoms. The second-order valence-electron chi connectivity index (χ2n) is 5.33. The molecule has 1 amide bonds. The number of nitrogens with two attached hydrogens (primary N) is 1. The van der Waals surface area contributed by atoms with Crippen LogP contribution in [-0.2, 0) is 4.79 Å². The zero-order valence-corrected chi connectivity index (χ0v) is 12.8. The highest BCUT2D eigenvalue weighted by atomic mass is 16.5. The first-order chi connectivity index (χ1) is 10.6. The highest BCUT2D eigenvalue weighted by molar-refractivity contribution is 5.81. The fraction of sp³-hybridized carbons (Fsp3) is 0.500. The molecule has 1 aliphatic rings. The van der Waals surface area contributed by atoms with Crippen LogP contribution >= 0.6 is 0 Å². The molecule has 1 fully saturated rings. The average molecular weight is 306 g/mol. The largest absolute Gasteiger partial charge is 0.490 e. The number of carbonyl (C=O) groups excluding carboxylic acids is 2. The molecule has 0 heterocycles. The molecular formula is C16H22N2O4. The lowest BCUT2D eigenvalue weighted by Gasteiger charge is -2.16. The van der Waals surface area contributed by atoms with E-state index >= 15 is 0 Å². The highest BCUT2D eigenvalue weighted by Crippen LogP contribution is 2.34. The topological polar surface area (TPSA) is 90.7 Å². The lowest BCUT2D eigenvalue weighted by molar-refractivity contribution is -0.123. The summed E-state index contributed by atoms with van der Waals surface area (Å²) in [5, 5.41) is 2.94. The Kier molecular flexibility index (Phi) is 5.63. The lowest BCUT2D eigenvalue weighted by atomic mass is 10.2. The van der Waals surface area contributed by atoms with E-state index in [1.165, 1.54) is 6.07 Å². The molecule has 0 aliphatic heterocycles. The molecule has 2 rings (SSSR count). The van der Waals surface area contributed by atoms with E-state index in [9.17, 15) is 9.59 Å². The van der Waals surface area contributed by atoms with Crippen LogP contribution in [0.3, 0.4) is 0 Å². The normalized spacial score (nSPS) is 14.6. The quantitative estimate of drug-likeness (QED) is 0.593. The van der Waals surface area contributed by atoms with E-state index in [0.717, 1.165) is 25.7 Å². The predicted octanol–water partition coefficient (Wildman–Crippen LogP) is 1.92. The minimum atomic E-state index is -0.173. The van der Waals surface area contributed by atoms with Crippen molar-refractivity contribution in [2.75, 3.05) is 18.9 Å². The van der Waals surface area contributed by atoms with Crippen LogP contribution in [0.4, 0.5) is 5.69 Å². The molecule has 0 radical (unpaired) electrons. The maximum absolute atomic E-state index is 11.9. The number of anilines is 1. The average Bonchev–Trinajstić information content (AvgIpc) is 2.99. The van der Waals surface area contributed by atoms with Gasteiger partial charge in [-0.3, -0.25) is 9.59 Å². The van der Waals surface area contributed by atoms with Gasteiger partial charge in [0.25, 0.3) is 5.91 Å². The summed E-state index contributed by atoms with van der Waals surface area (Å²) in [7, 11) is 0. The fourth-order valence-corrected chi connectivity index (χ4v) is 2.61. The van der Waals surface area contributed by atoms with Gasteiger partial charge >= 0.3 is 0 Å². The number of hydrogen-bond acceptors (Lipinski definition) is 5. The van der Waals surface area contributed by atoms with Gasteiger partial charge in [0.15, 0.2) is 18.1 Å². The maximum atomic E-state index is 11.9. The van der Waals surface area contributed by atoms with Crippen LogP contribution in [0.1, 0.15) is 43.0 Å². The molecule has 120 valence electrons. The summed E-state index contributed by atoms with van der Waals surface area (Å²) in [5.41, 5.74) is 6.57. The van der Waals surface area contributed by atoms with E-state index in [-0.39, 0.29) is 24.2 Å². The fourth-order valence-electron chi connectivity index (χ4n) is 2.61. The number of nitrogen functional groups attached to an aromatic ring is 1. The van der Waals surface area contributed by atoms with Gasteiger partial charge in [-0.05, 0) is 31.9 Å². The Balaban J connectivity index is 2.01. The summed E-state index contributed by atoms with van der Waals surface area (Å²) in [6.07, 6.45) is 5.04. The zero-order chi connectivity index (χ0) is 15.9. The van der Waals surface area contributed by atoms with Crippen LogP contribution in [0.5, 0.6) is 11.5 Å². The van der Waals surface area contributed by atoms with E-state index in [1.807, 2.05) is 6.92 Å². The summed E-state index contributed by atoms with van der Waals surface area (Å²) >= 11 is 0. The van der Waals surface area contributed by atoms with Crippen molar-refractivity contribution in [2.45, 2.75) is 38.6 Å². The Hall–Kier alpha value is -2.24. The van der Waals surface area contributed by atoms with Gasteiger partial charge < -0.3 is 20.5 Å². The molecule has 3 N–H and O–H groups in total. The number of nitrogens with one attached hydrogen (secondary N) is 1. The van der Waals surface area contributed by atoms with Crippen LogP contribution in [0, 0.1) is 0 Å². The molecule has 0 saturated heterocycles. The molecule has 1 aromatic carbocycles. The highest BCUT2D eigenvalue weighted by Gasteiger charge is 2.18. The minimum absolute atomic E-state index is 0.124. The van der Waals surface area contributed by atoms with Crippen LogP contribution in [0.25, 0.3) is 0 Å². The van der Waals surface area contributed by atoms with Crippen molar-refractivity contribution in [2.24, 2.45) is 0 Å². The second-order valence-corrected chi connectivity index (χ2v) is 5.33. The van der Waals surface area contributed by atoms with Crippen molar-refractivity contribution in [3.05, 3.63) is 17.7 Å². The van der Waals surface area contributed by atoms with Crippen LogP contribution in [0.2, 0.25) is 0 Å². The Bertz CT molecular complexity index is 539. The Morgan fingerprint density at radius 2 is 2.09 bits per heavy atom. The lowest BCUT2D eigenvalue weighted by Crippen LogP contribution is -2.36. The summed E-state index contributed by atoms with van der Waals surface area (Å²) in [4.78, 5) is 22.8. The summed E-state index contributed by atoms with van der Waals surface area (Å²) in [5.74, 6) is 0.500. The molecule has 1 aliphatic carbocycles. The van der Waals surface area contributed by atoms with Gasteiger partial charge in [0.1, 0.15) is 6.29 Å². The molecular weight excluding hydrogens is 284 g/mol. The molecule has 0 unspecified atom stereocenters. The molecule has 1 saturated carbocycles. The molecule has 6 nitrogen and oxygen atoms in total. The Morgan fingerprint density at radius 3 is 2.73 bits per heavy atom. The number of ether oxygens (including phenoxy) is 2. The van der Waals surface area contributed by atoms with Crippen LogP contribution in [0.15, 0.2) is 12.1 Å². The van der Waals surface area contributed by atoms with Crippen LogP contribution in [-0.4, -0.2) is 31.4 Å². The molecule has 22 heavy (non-hydrogen) atoms. The second kappa shape index (κ2) is 7.68. The van der Waals surface area contributed by atoms with Gasteiger partial charge in [0.2, 0.25) is 0 Å². The number of carbonyl (C=O) groups is 2. The minimum Gasteiger partial charge on any atom is -0.490 e. The van der Waals surface area contributed by atoms with Crippen LogP contribution < -0.4 is 20.5 Å². The van der Waals surface area contributed by atoms with E-state index in [1.54, 1.807) is 6.07 Å². The number of amides is 1. The number of aldehydes is 1. The van der Waals surface area contributed by atoms with Gasteiger partial charge in [0, 0.05) is 11.6 Å². The third-order valence-corrected chi connectivity index (χ3v) is 3.61. The number of hydrogen-bond donors (Lipinski definition) is 2. The maximum Gasteiger partial charge on any atom is 0.258 e. The third-order valence-electron chi connectivity index (χ3n) is 3.61. The monoisotopic (exact) mass is 306 g/mol. The first-order valence-electron chi connectivity index (χ1n) is 7.57. The van der Waals surface area contributed by atoms with Crippen molar-refractivity contribution in [3.8, 4) is 11.5 Å². The van der Waals surface area contributed by atoms with E-state index in [0.29, 0.717) is 30.0 Å². The predicted molar refractivity (Wildman–Crippen MR) is 83.3 cm³/mol. The van der Waals surface area contributed by atoms with E-state index in [2.05, 4.69) is 5.32 Å². The van der Waals surface area contributed by atoms with Crippen molar-refractivity contribution in [1.29, 1.82) is 0 Å². The smallest absolute Gasteiger partial charge is 0.258 e. The number of rotatable bonds is 7. The van der Waals surface area contributed by atoms with Crippen molar-refractivity contribution in [1.82, 2.24) is 5.32 Å². The van der Waals surface area contributed by atoms with Gasteiger partial charge in [-0.25, -0.2) is 0 Å². The standard InChI is InChI=1S/C16H22N2O4/c1-2-21-14-8-11(9-19)7-13(17)16(14)22-10-15(20)18-12-5-3-4-6-12/h7-9,12H,2-6,10,17H2,1H3,(H,18,20).